The molecule has 12 heavy (non-hydrogen) atoms. The third kappa shape index (κ3) is 6.97. The molecule has 0 aliphatic rings. The highest BCUT2D eigenvalue weighted by molar-refractivity contribution is 7.92. The van der Waals surface area contributed by atoms with Crippen molar-refractivity contribution in [3.8, 4) is 0 Å². The van der Waals surface area contributed by atoms with Gasteiger partial charge in [-0.05, 0) is 6.08 Å². The lowest BCUT2D eigenvalue weighted by Crippen LogP contribution is -2.06. The summed E-state index contributed by atoms with van der Waals surface area (Å²) >= 11 is 0. The number of hydrogen-bond donors (Lipinski definition) is 1. The molecule has 0 aromatic rings. The largest absolute Gasteiger partial charge is 0.466 e. The summed E-state index contributed by atoms with van der Waals surface area (Å²) in [6.07, 6.45) is 3.42. The Bertz CT molecular complexity index is 302. The van der Waals surface area contributed by atoms with Crippen LogP contribution in [0.5, 0.6) is 0 Å². The minimum Gasteiger partial charge on any atom is -0.466 e. The van der Waals surface area contributed by atoms with Gasteiger partial charge < -0.3 is 4.74 Å². The van der Waals surface area contributed by atoms with Crippen molar-refractivity contribution in [2.75, 3.05) is 7.11 Å². The van der Waals surface area contributed by atoms with Crippen molar-refractivity contribution < 1.29 is 17.9 Å². The van der Waals surface area contributed by atoms with Gasteiger partial charge in [-0.2, -0.15) is 0 Å². The first kappa shape index (κ1) is 10.9. The summed E-state index contributed by atoms with van der Waals surface area (Å²) in [7, 11) is -2.39. The fourth-order valence-corrected chi connectivity index (χ4v) is 0.667. The Labute approximate surface area is 70.6 Å². The van der Waals surface area contributed by atoms with Gasteiger partial charge in [0.25, 0.3) is 0 Å². The van der Waals surface area contributed by atoms with Gasteiger partial charge in [-0.15, -0.1) is 0 Å². The van der Waals surface area contributed by atoms with Crippen molar-refractivity contribution in [3.05, 3.63) is 23.6 Å². The van der Waals surface area contributed by atoms with Gasteiger partial charge in [0.15, 0.2) is 0 Å². The van der Waals surface area contributed by atoms with Crippen LogP contribution in [0.2, 0.25) is 0 Å². The average Bonchev–Trinajstić information content (AvgIpc) is 1.96. The highest BCUT2D eigenvalue weighted by Gasteiger charge is 1.91. The summed E-state index contributed by atoms with van der Waals surface area (Å²) in [5.74, 6) is -0.561. The second-order valence-corrected chi connectivity index (χ2v) is 3.25. The number of carbonyl (C=O) groups is 1. The zero-order chi connectivity index (χ0) is 9.61. The topological polar surface area (TPSA) is 86.5 Å². The summed E-state index contributed by atoms with van der Waals surface area (Å²) in [4.78, 5) is 10.4. The lowest BCUT2D eigenvalue weighted by molar-refractivity contribution is -0.134. The quantitative estimate of drug-likeness (QED) is 0.371. The van der Waals surface area contributed by atoms with Crippen LogP contribution < -0.4 is 5.14 Å². The number of allylic oxidation sites excluding steroid dienone is 2. The third-order valence-electron chi connectivity index (χ3n) is 0.813. The predicted molar refractivity (Wildman–Crippen MR) is 43.4 cm³/mol. The minimum atomic E-state index is -3.61. The second kappa shape index (κ2) is 4.68. The van der Waals surface area contributed by atoms with E-state index >= 15 is 0 Å². The Morgan fingerprint density at radius 1 is 1.42 bits per heavy atom. The molecule has 0 fully saturated rings. The van der Waals surface area contributed by atoms with E-state index in [1.807, 2.05) is 0 Å². The number of sulfonamides is 1. The molecule has 0 unspecified atom stereocenters. The number of primary sulfonamides is 1. The Kier molecular flexibility index (Phi) is 4.24. The van der Waals surface area contributed by atoms with E-state index in [1.54, 1.807) is 0 Å². The highest BCUT2D eigenvalue weighted by atomic mass is 32.2. The van der Waals surface area contributed by atoms with Gasteiger partial charge in [0.1, 0.15) is 0 Å². The molecule has 68 valence electrons. The third-order valence-corrected chi connectivity index (χ3v) is 1.35. The van der Waals surface area contributed by atoms with Crippen LogP contribution >= 0.6 is 0 Å². The molecular formula is C6H9NO4S. The molecule has 0 aromatic carbocycles. The predicted octanol–water partition coefficient (Wildman–Crippen LogP) is -0.482. The zero-order valence-corrected chi connectivity index (χ0v) is 7.24. The molecule has 0 bridgehead atoms. The van der Waals surface area contributed by atoms with Crippen LogP contribution in [0, 0.1) is 0 Å². The maximum absolute atomic E-state index is 10.4. The number of hydrogen-bond acceptors (Lipinski definition) is 4. The van der Waals surface area contributed by atoms with E-state index in [0.717, 1.165) is 17.6 Å². The van der Waals surface area contributed by atoms with Gasteiger partial charge in [-0.1, -0.05) is 6.08 Å². The van der Waals surface area contributed by atoms with Crippen LogP contribution in [-0.2, 0) is 19.6 Å². The van der Waals surface area contributed by atoms with E-state index in [0.29, 0.717) is 0 Å². The number of ether oxygens (including phenoxy) is 1. The normalized spacial score (nSPS) is 12.5. The number of methoxy groups -OCH3 is 1. The fraction of sp³-hybridized carbons (Fsp3) is 0.167. The Balaban J connectivity index is 4.08. The van der Waals surface area contributed by atoms with E-state index in [9.17, 15) is 13.2 Å². The molecule has 5 nitrogen and oxygen atoms in total. The van der Waals surface area contributed by atoms with Gasteiger partial charge >= 0.3 is 5.97 Å². The van der Waals surface area contributed by atoms with Gasteiger partial charge in [-0.25, -0.2) is 18.4 Å². The van der Waals surface area contributed by atoms with Crippen LogP contribution in [0.1, 0.15) is 0 Å². The lowest BCUT2D eigenvalue weighted by atomic mass is 10.5. The van der Waals surface area contributed by atoms with Gasteiger partial charge in [0, 0.05) is 11.5 Å². The Morgan fingerprint density at radius 2 is 2.00 bits per heavy atom. The molecule has 2 N–H and O–H groups in total. The molecule has 0 rings (SSSR count). The first-order valence-electron chi connectivity index (χ1n) is 2.91. The van der Waals surface area contributed by atoms with Gasteiger partial charge in [0.2, 0.25) is 10.0 Å². The maximum Gasteiger partial charge on any atom is 0.330 e. The molecule has 0 aromatic heterocycles. The Morgan fingerprint density at radius 3 is 2.42 bits per heavy atom. The molecular weight excluding hydrogens is 182 g/mol. The maximum atomic E-state index is 10.4. The fourth-order valence-electron chi connectivity index (χ4n) is 0.357. The second-order valence-electron chi connectivity index (χ2n) is 1.80. The van der Waals surface area contributed by atoms with Crippen LogP contribution in [0.15, 0.2) is 23.6 Å². The first-order chi connectivity index (χ1) is 5.45. The van der Waals surface area contributed by atoms with Crippen molar-refractivity contribution in [2.45, 2.75) is 0 Å². The molecule has 0 aliphatic heterocycles. The van der Waals surface area contributed by atoms with Crippen molar-refractivity contribution in [2.24, 2.45) is 5.14 Å². The number of nitrogens with two attached hydrogens (primary N) is 1. The molecule has 6 heteroatoms. The smallest absolute Gasteiger partial charge is 0.330 e. The standard InChI is InChI=1S/C6H9NO4S/c1-11-6(8)4-2-3-5-12(7,9)10/h2-5H,1H3,(H2,7,9,10)/b4-2+,5-3+. The van der Waals surface area contributed by atoms with Crippen molar-refractivity contribution in [1.82, 2.24) is 0 Å². The molecule has 0 radical (unpaired) electrons. The highest BCUT2D eigenvalue weighted by Crippen LogP contribution is 1.84. The summed E-state index contributed by atoms with van der Waals surface area (Å²) in [6.45, 7) is 0. The molecule has 0 aliphatic carbocycles. The van der Waals surface area contributed by atoms with Crippen molar-refractivity contribution in [3.63, 3.8) is 0 Å². The summed E-state index contributed by atoms with van der Waals surface area (Å²) in [5.41, 5.74) is 0. The van der Waals surface area contributed by atoms with E-state index in [-0.39, 0.29) is 0 Å². The molecule has 0 spiro atoms. The van der Waals surface area contributed by atoms with E-state index in [1.165, 1.54) is 13.2 Å². The van der Waals surface area contributed by atoms with Crippen molar-refractivity contribution >= 4 is 16.0 Å². The van der Waals surface area contributed by atoms with Crippen LogP contribution in [0.25, 0.3) is 0 Å². The van der Waals surface area contributed by atoms with Crippen LogP contribution in [0.4, 0.5) is 0 Å². The molecule has 0 heterocycles. The van der Waals surface area contributed by atoms with E-state index in [4.69, 9.17) is 0 Å². The monoisotopic (exact) mass is 191 g/mol. The SMILES string of the molecule is COC(=O)/C=C/C=C/S(N)(=O)=O. The summed E-state index contributed by atoms with van der Waals surface area (Å²) in [6, 6.07) is 0. The van der Waals surface area contributed by atoms with Gasteiger partial charge in [0.05, 0.1) is 7.11 Å². The van der Waals surface area contributed by atoms with Gasteiger partial charge in [-0.3, -0.25) is 0 Å². The van der Waals surface area contributed by atoms with Crippen LogP contribution in [0.3, 0.4) is 0 Å². The minimum absolute atomic E-state index is 0.561. The molecule has 0 amide bonds. The molecule has 0 saturated heterocycles. The van der Waals surface area contributed by atoms with E-state index in [2.05, 4.69) is 9.88 Å². The molecule has 0 saturated carbocycles. The average molecular weight is 191 g/mol. The first-order valence-corrected chi connectivity index (χ1v) is 4.52. The van der Waals surface area contributed by atoms with Crippen molar-refractivity contribution in [1.29, 1.82) is 0 Å². The number of carbonyl (C=O) groups excluding carboxylic acids is 1. The zero-order valence-electron chi connectivity index (χ0n) is 6.43. The summed E-state index contributed by atoms with van der Waals surface area (Å²) in [5, 5.41) is 5.39. The Hall–Kier alpha value is -1.14. The summed E-state index contributed by atoms with van der Waals surface area (Å²) < 4.78 is 24.8. The number of rotatable bonds is 3. The van der Waals surface area contributed by atoms with Crippen LogP contribution in [-0.4, -0.2) is 21.5 Å². The van der Waals surface area contributed by atoms with E-state index < -0.39 is 16.0 Å². The lowest BCUT2D eigenvalue weighted by Gasteiger charge is -1.86. The molecule has 0 atom stereocenters. The number of esters is 1.